The average molecular weight is 321 g/mol. The fraction of sp³-hybridized carbons (Fsp3) is 0.688. The summed E-state index contributed by atoms with van der Waals surface area (Å²) in [6.07, 6.45) is 4.15. The van der Waals surface area contributed by atoms with E-state index in [1.807, 2.05) is 11.8 Å². The molecule has 1 unspecified atom stereocenters. The molecule has 0 radical (unpaired) electrons. The summed E-state index contributed by atoms with van der Waals surface area (Å²) in [6.45, 7) is 4.02. The zero-order valence-corrected chi connectivity index (χ0v) is 13.5. The van der Waals surface area contributed by atoms with Crippen molar-refractivity contribution in [2.45, 2.75) is 45.1 Å². The van der Waals surface area contributed by atoms with Gasteiger partial charge in [-0.2, -0.15) is 0 Å². The molecule has 2 heterocycles. The van der Waals surface area contributed by atoms with Crippen LogP contribution in [0.2, 0.25) is 0 Å². The Morgan fingerprint density at radius 3 is 2.91 bits per heavy atom. The SMILES string of the molecule is CCOCC(=O)NC1CCc2onc(C(=O)N3CCCC3)c2C1. The average Bonchev–Trinajstić information content (AvgIpc) is 3.21. The molecule has 0 aromatic carbocycles. The molecule has 1 atom stereocenters. The summed E-state index contributed by atoms with van der Waals surface area (Å²) in [4.78, 5) is 26.2. The molecule has 1 aliphatic heterocycles. The van der Waals surface area contributed by atoms with Crippen molar-refractivity contribution < 1.29 is 18.8 Å². The lowest BCUT2D eigenvalue weighted by molar-refractivity contribution is -0.126. The molecule has 3 rings (SSSR count). The Labute approximate surface area is 135 Å². The van der Waals surface area contributed by atoms with Crippen LogP contribution in [0.25, 0.3) is 0 Å². The monoisotopic (exact) mass is 321 g/mol. The van der Waals surface area contributed by atoms with Crippen molar-refractivity contribution in [1.82, 2.24) is 15.4 Å². The van der Waals surface area contributed by atoms with E-state index in [1.54, 1.807) is 0 Å². The van der Waals surface area contributed by atoms with E-state index >= 15 is 0 Å². The maximum Gasteiger partial charge on any atom is 0.276 e. The summed E-state index contributed by atoms with van der Waals surface area (Å²) < 4.78 is 10.5. The van der Waals surface area contributed by atoms with Crippen molar-refractivity contribution in [2.75, 3.05) is 26.3 Å². The number of carbonyl (C=O) groups is 2. The second-order valence-electron chi connectivity index (χ2n) is 6.08. The van der Waals surface area contributed by atoms with E-state index in [-0.39, 0.29) is 24.5 Å². The van der Waals surface area contributed by atoms with E-state index in [9.17, 15) is 9.59 Å². The highest BCUT2D eigenvalue weighted by Gasteiger charge is 2.32. The van der Waals surface area contributed by atoms with Crippen LogP contribution in [0.15, 0.2) is 4.52 Å². The Kier molecular flexibility index (Phi) is 4.95. The smallest absolute Gasteiger partial charge is 0.276 e. The normalized spacial score (nSPS) is 20.4. The lowest BCUT2D eigenvalue weighted by Gasteiger charge is -2.23. The number of rotatable bonds is 5. The third kappa shape index (κ3) is 3.55. The minimum atomic E-state index is -0.121. The van der Waals surface area contributed by atoms with E-state index in [0.29, 0.717) is 25.1 Å². The summed E-state index contributed by atoms with van der Waals surface area (Å²) in [5.41, 5.74) is 1.28. The zero-order valence-electron chi connectivity index (χ0n) is 13.5. The van der Waals surface area contributed by atoms with Gasteiger partial charge in [-0.3, -0.25) is 9.59 Å². The Morgan fingerprint density at radius 2 is 2.17 bits per heavy atom. The fourth-order valence-corrected chi connectivity index (χ4v) is 3.23. The third-order valence-electron chi connectivity index (χ3n) is 4.44. The molecule has 1 aromatic heterocycles. The van der Waals surface area contributed by atoms with Crippen LogP contribution < -0.4 is 5.32 Å². The van der Waals surface area contributed by atoms with Gasteiger partial charge in [-0.05, 0) is 32.6 Å². The molecule has 1 aromatic rings. The van der Waals surface area contributed by atoms with Gasteiger partial charge in [0.25, 0.3) is 5.91 Å². The van der Waals surface area contributed by atoms with Crippen LogP contribution in [0, 0.1) is 0 Å². The van der Waals surface area contributed by atoms with Crippen LogP contribution in [0.3, 0.4) is 0 Å². The summed E-state index contributed by atoms with van der Waals surface area (Å²) in [5.74, 6) is 0.612. The van der Waals surface area contributed by atoms with Gasteiger partial charge in [-0.1, -0.05) is 5.16 Å². The number of carbonyl (C=O) groups excluding carboxylic acids is 2. The molecule has 7 heteroatoms. The number of nitrogens with zero attached hydrogens (tertiary/aromatic N) is 2. The molecule has 1 N–H and O–H groups in total. The van der Waals surface area contributed by atoms with Gasteiger partial charge in [0, 0.05) is 37.7 Å². The summed E-state index contributed by atoms with van der Waals surface area (Å²) in [7, 11) is 0. The lowest BCUT2D eigenvalue weighted by Crippen LogP contribution is -2.41. The number of hydrogen-bond acceptors (Lipinski definition) is 5. The Morgan fingerprint density at radius 1 is 1.39 bits per heavy atom. The van der Waals surface area contributed by atoms with Crippen LogP contribution in [0.1, 0.15) is 48.0 Å². The molecule has 0 saturated carbocycles. The molecular weight excluding hydrogens is 298 g/mol. The molecule has 1 saturated heterocycles. The fourth-order valence-electron chi connectivity index (χ4n) is 3.23. The molecule has 23 heavy (non-hydrogen) atoms. The first-order chi connectivity index (χ1) is 11.2. The van der Waals surface area contributed by atoms with Gasteiger partial charge >= 0.3 is 0 Å². The second-order valence-corrected chi connectivity index (χ2v) is 6.08. The van der Waals surface area contributed by atoms with Crippen LogP contribution >= 0.6 is 0 Å². The number of aromatic nitrogens is 1. The highest BCUT2D eigenvalue weighted by atomic mass is 16.5. The highest BCUT2D eigenvalue weighted by Crippen LogP contribution is 2.26. The molecule has 1 aliphatic carbocycles. The van der Waals surface area contributed by atoms with Gasteiger partial charge in [0.05, 0.1) is 0 Å². The molecule has 2 amide bonds. The predicted molar refractivity (Wildman–Crippen MR) is 82.1 cm³/mol. The summed E-state index contributed by atoms with van der Waals surface area (Å²) >= 11 is 0. The second kappa shape index (κ2) is 7.12. The quantitative estimate of drug-likeness (QED) is 0.872. The van der Waals surface area contributed by atoms with E-state index in [4.69, 9.17) is 9.26 Å². The van der Waals surface area contributed by atoms with Crippen LogP contribution in [-0.4, -0.2) is 54.2 Å². The summed E-state index contributed by atoms with van der Waals surface area (Å²) in [6, 6.07) is -0.0000146. The van der Waals surface area contributed by atoms with Crippen molar-refractivity contribution in [3.8, 4) is 0 Å². The summed E-state index contributed by atoms with van der Waals surface area (Å²) in [5, 5.41) is 6.96. The Balaban J connectivity index is 1.66. The van der Waals surface area contributed by atoms with Gasteiger partial charge < -0.3 is 19.5 Å². The Bertz CT molecular complexity index is 578. The molecule has 0 spiro atoms. The number of nitrogens with one attached hydrogen (secondary N) is 1. The van der Waals surface area contributed by atoms with Gasteiger partial charge in [-0.15, -0.1) is 0 Å². The standard InChI is InChI=1S/C16H23N3O4/c1-2-22-10-14(20)17-11-5-6-13-12(9-11)15(18-23-13)16(21)19-7-3-4-8-19/h11H,2-10H2,1H3,(H,17,20). The number of fused-ring (bicyclic) bond motifs is 1. The van der Waals surface area contributed by atoms with E-state index < -0.39 is 0 Å². The maximum atomic E-state index is 12.5. The molecule has 126 valence electrons. The minimum absolute atomic E-state index is 0.0000146. The largest absolute Gasteiger partial charge is 0.372 e. The van der Waals surface area contributed by atoms with Crippen LogP contribution in [0.4, 0.5) is 0 Å². The number of amides is 2. The van der Waals surface area contributed by atoms with Crippen LogP contribution in [0.5, 0.6) is 0 Å². The number of likely N-dealkylation sites (tertiary alicyclic amines) is 1. The first-order valence-corrected chi connectivity index (χ1v) is 8.32. The number of hydrogen-bond donors (Lipinski definition) is 1. The maximum absolute atomic E-state index is 12.5. The first-order valence-electron chi connectivity index (χ1n) is 8.32. The van der Waals surface area contributed by atoms with Gasteiger partial charge in [-0.25, -0.2) is 0 Å². The molecule has 1 fully saturated rings. The molecular formula is C16H23N3O4. The van der Waals surface area contributed by atoms with Gasteiger partial charge in [0.15, 0.2) is 5.69 Å². The highest BCUT2D eigenvalue weighted by molar-refractivity contribution is 5.94. The van der Waals surface area contributed by atoms with Crippen LogP contribution in [-0.2, 0) is 22.4 Å². The first kappa shape index (κ1) is 16.0. The molecule has 2 aliphatic rings. The minimum Gasteiger partial charge on any atom is -0.372 e. The lowest BCUT2D eigenvalue weighted by atomic mass is 9.91. The molecule has 7 nitrogen and oxygen atoms in total. The van der Waals surface area contributed by atoms with Gasteiger partial charge in [0.1, 0.15) is 12.4 Å². The van der Waals surface area contributed by atoms with E-state index in [2.05, 4.69) is 10.5 Å². The van der Waals surface area contributed by atoms with Crippen molar-refractivity contribution in [3.05, 3.63) is 17.0 Å². The Hall–Kier alpha value is -1.89. The van der Waals surface area contributed by atoms with E-state index in [0.717, 1.165) is 43.7 Å². The number of aryl methyl sites for hydroxylation is 1. The van der Waals surface area contributed by atoms with Crippen molar-refractivity contribution in [3.63, 3.8) is 0 Å². The third-order valence-corrected chi connectivity index (χ3v) is 4.44. The molecule has 0 bridgehead atoms. The topological polar surface area (TPSA) is 84.7 Å². The van der Waals surface area contributed by atoms with Crippen molar-refractivity contribution >= 4 is 11.8 Å². The van der Waals surface area contributed by atoms with Gasteiger partial charge in [0.2, 0.25) is 5.91 Å². The predicted octanol–water partition coefficient (Wildman–Crippen LogP) is 0.921. The van der Waals surface area contributed by atoms with Crippen molar-refractivity contribution in [2.24, 2.45) is 0 Å². The van der Waals surface area contributed by atoms with E-state index in [1.165, 1.54) is 0 Å². The number of ether oxygens (including phenoxy) is 1. The zero-order chi connectivity index (χ0) is 16.2. The van der Waals surface area contributed by atoms with Crippen molar-refractivity contribution in [1.29, 1.82) is 0 Å².